The maximum atomic E-state index is 5.73. The smallest absolute Gasteiger partial charge is 0.169 e. The van der Waals surface area contributed by atoms with Crippen molar-refractivity contribution in [2.75, 3.05) is 18.9 Å². The Kier molecular flexibility index (Phi) is 2.67. The first kappa shape index (κ1) is 9.45. The molecule has 1 aromatic rings. The van der Waals surface area contributed by atoms with Crippen LogP contribution in [-0.4, -0.2) is 28.2 Å². The van der Waals surface area contributed by atoms with Gasteiger partial charge in [-0.15, -0.1) is 5.10 Å². The summed E-state index contributed by atoms with van der Waals surface area (Å²) in [4.78, 5) is 0. The van der Waals surface area contributed by atoms with Crippen molar-refractivity contribution in [3.8, 4) is 0 Å². The van der Waals surface area contributed by atoms with Gasteiger partial charge in [0.05, 0.1) is 11.7 Å². The first-order chi connectivity index (χ1) is 6.83. The molecular weight excluding hydrogens is 180 g/mol. The fourth-order valence-corrected chi connectivity index (χ4v) is 1.89. The maximum absolute atomic E-state index is 5.73. The number of nitrogen functional groups attached to an aromatic ring is 1. The number of anilines is 1. The number of hydrogen-bond acceptors (Lipinski definition) is 4. The van der Waals surface area contributed by atoms with Crippen molar-refractivity contribution in [2.24, 2.45) is 0 Å². The Labute approximate surface area is 83.2 Å². The highest BCUT2D eigenvalue weighted by Gasteiger charge is 2.20. The lowest BCUT2D eigenvalue weighted by atomic mass is 10.1. The van der Waals surface area contributed by atoms with Crippen LogP contribution in [0.25, 0.3) is 0 Å². The van der Waals surface area contributed by atoms with Crippen LogP contribution in [0.3, 0.4) is 0 Å². The summed E-state index contributed by atoms with van der Waals surface area (Å²) in [6.07, 6.45) is 2.90. The van der Waals surface area contributed by atoms with E-state index in [1.54, 1.807) is 0 Å². The molecule has 1 aliphatic rings. The normalized spacial score (nSPS) is 18.6. The second-order valence-corrected chi connectivity index (χ2v) is 3.56. The Morgan fingerprint density at radius 3 is 2.86 bits per heavy atom. The standard InChI is InChI=1S/C9H16N4O/c1-2-8-9(10)11-12-13(8)7-3-5-14-6-4-7/h7H,2-6,10H2,1H3. The van der Waals surface area contributed by atoms with Gasteiger partial charge in [-0.2, -0.15) is 0 Å². The average Bonchev–Trinajstić information content (AvgIpc) is 2.61. The highest BCUT2D eigenvalue weighted by atomic mass is 16.5. The van der Waals surface area contributed by atoms with Crippen LogP contribution in [0.15, 0.2) is 0 Å². The zero-order valence-electron chi connectivity index (χ0n) is 8.44. The average molecular weight is 196 g/mol. The van der Waals surface area contributed by atoms with E-state index in [1.807, 2.05) is 4.68 Å². The minimum absolute atomic E-state index is 0.420. The molecule has 0 amide bonds. The molecule has 5 heteroatoms. The predicted molar refractivity (Wildman–Crippen MR) is 52.9 cm³/mol. The van der Waals surface area contributed by atoms with E-state index in [0.29, 0.717) is 11.9 Å². The van der Waals surface area contributed by atoms with Gasteiger partial charge in [0.15, 0.2) is 5.82 Å². The monoisotopic (exact) mass is 196 g/mol. The summed E-state index contributed by atoms with van der Waals surface area (Å²) in [7, 11) is 0. The molecule has 0 unspecified atom stereocenters. The molecule has 0 aliphatic carbocycles. The summed E-state index contributed by atoms with van der Waals surface area (Å²) >= 11 is 0. The van der Waals surface area contributed by atoms with Crippen LogP contribution in [0.5, 0.6) is 0 Å². The van der Waals surface area contributed by atoms with Crippen LogP contribution < -0.4 is 5.73 Å². The number of rotatable bonds is 2. The quantitative estimate of drug-likeness (QED) is 0.758. The zero-order valence-corrected chi connectivity index (χ0v) is 8.44. The van der Waals surface area contributed by atoms with Crippen molar-refractivity contribution in [1.82, 2.24) is 15.0 Å². The molecule has 0 atom stereocenters. The SMILES string of the molecule is CCc1c(N)nnn1C1CCOCC1. The van der Waals surface area contributed by atoms with Gasteiger partial charge < -0.3 is 10.5 Å². The van der Waals surface area contributed by atoms with Gasteiger partial charge in [0, 0.05) is 13.2 Å². The molecule has 0 aromatic carbocycles. The number of nitrogens with zero attached hydrogens (tertiary/aromatic N) is 3. The van der Waals surface area contributed by atoms with Gasteiger partial charge in [-0.25, -0.2) is 4.68 Å². The third kappa shape index (κ3) is 1.59. The molecular formula is C9H16N4O. The summed E-state index contributed by atoms with van der Waals surface area (Å²) in [5.41, 5.74) is 6.79. The number of aromatic nitrogens is 3. The highest BCUT2D eigenvalue weighted by Crippen LogP contribution is 2.23. The molecule has 14 heavy (non-hydrogen) atoms. The molecule has 2 N–H and O–H groups in total. The largest absolute Gasteiger partial charge is 0.381 e. The first-order valence-electron chi connectivity index (χ1n) is 5.10. The summed E-state index contributed by atoms with van der Waals surface area (Å²) in [5, 5.41) is 8.01. The molecule has 5 nitrogen and oxygen atoms in total. The van der Waals surface area contributed by atoms with Crippen molar-refractivity contribution >= 4 is 5.82 Å². The maximum Gasteiger partial charge on any atom is 0.169 e. The fourth-order valence-electron chi connectivity index (χ4n) is 1.89. The van der Waals surface area contributed by atoms with Gasteiger partial charge in [0.2, 0.25) is 0 Å². The van der Waals surface area contributed by atoms with Crippen LogP contribution >= 0.6 is 0 Å². The number of hydrogen-bond donors (Lipinski definition) is 1. The minimum atomic E-state index is 0.420. The molecule has 0 radical (unpaired) electrons. The van der Waals surface area contributed by atoms with E-state index in [0.717, 1.165) is 38.2 Å². The van der Waals surface area contributed by atoms with Crippen molar-refractivity contribution in [1.29, 1.82) is 0 Å². The van der Waals surface area contributed by atoms with Gasteiger partial charge in [-0.05, 0) is 19.3 Å². The molecule has 1 fully saturated rings. The van der Waals surface area contributed by atoms with Crippen LogP contribution in [0.2, 0.25) is 0 Å². The van der Waals surface area contributed by atoms with Gasteiger partial charge in [-0.1, -0.05) is 12.1 Å². The lowest BCUT2D eigenvalue weighted by molar-refractivity contribution is 0.0649. The van der Waals surface area contributed by atoms with Gasteiger partial charge in [-0.3, -0.25) is 0 Å². The van der Waals surface area contributed by atoms with Crippen molar-refractivity contribution in [3.63, 3.8) is 0 Å². The zero-order chi connectivity index (χ0) is 9.97. The van der Waals surface area contributed by atoms with Crippen molar-refractivity contribution in [2.45, 2.75) is 32.2 Å². The van der Waals surface area contributed by atoms with Crippen molar-refractivity contribution in [3.05, 3.63) is 5.69 Å². The topological polar surface area (TPSA) is 66.0 Å². The molecule has 1 saturated heterocycles. The lowest BCUT2D eigenvalue weighted by Gasteiger charge is -2.23. The van der Waals surface area contributed by atoms with E-state index in [1.165, 1.54) is 0 Å². The molecule has 78 valence electrons. The summed E-state index contributed by atoms with van der Waals surface area (Å²) in [5.74, 6) is 0.569. The van der Waals surface area contributed by atoms with Crippen LogP contribution in [0.1, 0.15) is 31.5 Å². The summed E-state index contributed by atoms with van der Waals surface area (Å²) < 4.78 is 7.28. The Hall–Kier alpha value is -1.10. The second-order valence-electron chi connectivity index (χ2n) is 3.56. The molecule has 1 aromatic heterocycles. The number of ether oxygens (including phenoxy) is 1. The molecule has 1 aliphatic heterocycles. The van der Waals surface area contributed by atoms with E-state index in [4.69, 9.17) is 10.5 Å². The first-order valence-corrected chi connectivity index (χ1v) is 5.10. The Morgan fingerprint density at radius 1 is 1.50 bits per heavy atom. The predicted octanol–water partition coefficient (Wildman–Crippen LogP) is 0.774. The number of nitrogens with two attached hydrogens (primary N) is 1. The Bertz CT molecular complexity index is 304. The van der Waals surface area contributed by atoms with E-state index in [2.05, 4.69) is 17.2 Å². The molecule has 2 rings (SSSR count). The van der Waals surface area contributed by atoms with E-state index in [9.17, 15) is 0 Å². The van der Waals surface area contributed by atoms with E-state index < -0.39 is 0 Å². The summed E-state index contributed by atoms with van der Waals surface area (Å²) in [6, 6.07) is 0.420. The van der Waals surface area contributed by atoms with E-state index >= 15 is 0 Å². The van der Waals surface area contributed by atoms with Gasteiger partial charge in [0.25, 0.3) is 0 Å². The Balaban J connectivity index is 2.21. The van der Waals surface area contributed by atoms with Crippen LogP contribution in [-0.2, 0) is 11.2 Å². The highest BCUT2D eigenvalue weighted by molar-refractivity contribution is 5.32. The van der Waals surface area contributed by atoms with Gasteiger partial charge >= 0.3 is 0 Å². The molecule has 0 bridgehead atoms. The Morgan fingerprint density at radius 2 is 2.21 bits per heavy atom. The molecule has 0 spiro atoms. The van der Waals surface area contributed by atoms with Crippen LogP contribution in [0.4, 0.5) is 5.82 Å². The minimum Gasteiger partial charge on any atom is -0.381 e. The second kappa shape index (κ2) is 3.96. The third-order valence-electron chi connectivity index (χ3n) is 2.69. The molecule has 2 heterocycles. The fraction of sp³-hybridized carbons (Fsp3) is 0.778. The van der Waals surface area contributed by atoms with E-state index in [-0.39, 0.29) is 0 Å². The van der Waals surface area contributed by atoms with Gasteiger partial charge in [0.1, 0.15) is 0 Å². The lowest BCUT2D eigenvalue weighted by Crippen LogP contribution is -2.22. The van der Waals surface area contributed by atoms with Crippen molar-refractivity contribution < 1.29 is 4.74 Å². The molecule has 0 saturated carbocycles. The third-order valence-corrected chi connectivity index (χ3v) is 2.69. The van der Waals surface area contributed by atoms with Crippen LogP contribution in [0, 0.1) is 0 Å². The summed E-state index contributed by atoms with van der Waals surface area (Å²) in [6.45, 7) is 3.70.